The molecular weight excluding hydrogens is 1000 g/mol. The second-order valence-electron chi connectivity index (χ2n) is 23.8. The second kappa shape index (κ2) is 43.8. The third kappa shape index (κ3) is 38.7. The third-order valence-electron chi connectivity index (χ3n) is 10.7. The minimum Gasteiger partial charge on any atom is -0.399 e. The zero-order valence-corrected chi connectivity index (χ0v) is 51.7. The third-order valence-corrected chi connectivity index (χ3v) is 10.7. The minimum atomic E-state index is -1.24. The largest absolute Gasteiger partial charge is 0.399 e. The fraction of sp³-hybridized carbons (Fsp3) is 0.895. The Bertz CT molecular complexity index is 1570. The normalized spacial score (nSPS) is 14.7. The molecule has 0 aliphatic rings. The van der Waals surface area contributed by atoms with Crippen LogP contribution >= 0.6 is 0 Å². The number of nitrogens with zero attached hydrogens (tertiary/aromatic N) is 4. The van der Waals surface area contributed by atoms with Crippen molar-refractivity contribution < 1.29 is 56.8 Å². The molecule has 0 spiro atoms. The Morgan fingerprint density at radius 3 is 0.962 bits per heavy atom. The van der Waals surface area contributed by atoms with Crippen LogP contribution in [0.25, 0.3) is 0 Å². The molecule has 0 saturated heterocycles. The van der Waals surface area contributed by atoms with Gasteiger partial charge in [0.25, 0.3) is 0 Å². The number of rotatable bonds is 52. The Kier molecular flexibility index (Phi) is 42.2. The molecule has 0 aromatic heterocycles. The van der Waals surface area contributed by atoms with Crippen LogP contribution in [-0.2, 0) is 56.8 Å². The number of nitrogens with one attached hydrogen (secondary N) is 1. The molecule has 21 heteroatoms. The molecular formula is C57H115N9O12. The van der Waals surface area contributed by atoms with Crippen molar-refractivity contribution in [3.63, 3.8) is 0 Å². The number of ether oxygens (including phenoxy) is 12. The van der Waals surface area contributed by atoms with Crippen molar-refractivity contribution in [1.29, 1.82) is 0 Å². The maximum atomic E-state index is 7.12. The Hall–Kier alpha value is -2.90. The first-order valence-corrected chi connectivity index (χ1v) is 28.5. The van der Waals surface area contributed by atoms with Crippen molar-refractivity contribution in [2.45, 2.75) is 133 Å². The summed E-state index contributed by atoms with van der Waals surface area (Å²) in [6.07, 6.45) is 4.87. The summed E-state index contributed by atoms with van der Waals surface area (Å²) in [7, 11) is 0. The van der Waals surface area contributed by atoms with Gasteiger partial charge in [-0.15, -0.1) is 0 Å². The first kappa shape index (κ1) is 75.1. The number of aliphatic imine (C=N–C) groups is 2. The molecule has 0 fully saturated rings. The Balaban J connectivity index is 6.86. The smallest absolute Gasteiger partial charge is 0.130 e. The van der Waals surface area contributed by atoms with Crippen molar-refractivity contribution in [2.75, 3.05) is 159 Å². The maximum Gasteiger partial charge on any atom is 0.130 e. The zero-order chi connectivity index (χ0) is 58.9. The van der Waals surface area contributed by atoms with Crippen molar-refractivity contribution in [2.24, 2.45) is 84.8 Å². The number of hydrogen-bond donors (Lipinski definition) is 5. The summed E-state index contributed by atoms with van der Waals surface area (Å²) in [6.45, 7) is 40.5. The molecule has 1 atom stereocenters. The van der Waals surface area contributed by atoms with E-state index in [0.29, 0.717) is 138 Å². The molecule has 0 aromatic carbocycles. The number of hydrazone groups is 2. The molecule has 9 N–H and O–H groups in total. The van der Waals surface area contributed by atoms with Gasteiger partial charge in [0.2, 0.25) is 0 Å². The van der Waals surface area contributed by atoms with Gasteiger partial charge in [-0.2, -0.15) is 10.2 Å². The first-order valence-electron chi connectivity index (χ1n) is 28.5. The highest BCUT2D eigenvalue weighted by Gasteiger charge is 2.34. The Labute approximate surface area is 472 Å². The zero-order valence-electron chi connectivity index (χ0n) is 51.7. The highest BCUT2D eigenvalue weighted by atomic mass is 16.5. The molecule has 78 heavy (non-hydrogen) atoms. The van der Waals surface area contributed by atoms with Gasteiger partial charge in [-0.1, -0.05) is 96.9 Å². The van der Waals surface area contributed by atoms with E-state index in [-0.39, 0.29) is 79.3 Å². The van der Waals surface area contributed by atoms with Crippen molar-refractivity contribution in [1.82, 2.24) is 5.32 Å². The van der Waals surface area contributed by atoms with Gasteiger partial charge in [0.05, 0.1) is 110 Å². The lowest BCUT2D eigenvalue weighted by molar-refractivity contribution is -0.0407. The van der Waals surface area contributed by atoms with Crippen LogP contribution in [0.2, 0.25) is 0 Å². The quantitative estimate of drug-likeness (QED) is 0.0270. The van der Waals surface area contributed by atoms with Crippen LogP contribution < -0.4 is 28.5 Å². The van der Waals surface area contributed by atoms with Gasteiger partial charge in [0.1, 0.15) is 28.0 Å². The van der Waals surface area contributed by atoms with E-state index >= 15 is 0 Å². The molecule has 0 heterocycles. The van der Waals surface area contributed by atoms with Crippen molar-refractivity contribution >= 4 is 23.9 Å². The van der Waals surface area contributed by atoms with Crippen LogP contribution in [0.4, 0.5) is 0 Å². The van der Waals surface area contributed by atoms with Crippen LogP contribution in [0.15, 0.2) is 32.1 Å². The summed E-state index contributed by atoms with van der Waals surface area (Å²) in [4.78, 5) is 9.94. The fourth-order valence-corrected chi connectivity index (χ4v) is 6.86. The predicted molar refractivity (Wildman–Crippen MR) is 316 cm³/mol. The minimum absolute atomic E-state index is 0.0130. The molecule has 1 unspecified atom stereocenters. The fourth-order valence-electron chi connectivity index (χ4n) is 6.86. The van der Waals surface area contributed by atoms with Crippen LogP contribution in [0.1, 0.15) is 111 Å². The number of nitrogens with two attached hydrogens (primary N) is 4. The summed E-state index contributed by atoms with van der Waals surface area (Å²) in [5, 5.41) is 11.5. The van der Waals surface area contributed by atoms with Gasteiger partial charge < -0.3 is 85.3 Å². The summed E-state index contributed by atoms with van der Waals surface area (Å²) >= 11 is 0. The summed E-state index contributed by atoms with van der Waals surface area (Å²) in [5.74, 6) is 14.2. The molecule has 0 aromatic rings. The highest BCUT2D eigenvalue weighted by Crippen LogP contribution is 2.19. The van der Waals surface area contributed by atoms with Gasteiger partial charge >= 0.3 is 0 Å². The standard InChI is InChI=1S/C57H115N9O12/c1-17-67-35-55(37-69-22-44(3)4,38-70-23-45(5)6)62-19-51(58)29-76-32-54(59,33-77-30-52(65-60)20-63-56(36-68-18-2,39-71-24-46(7)8)40-72-25-47(9)10)34-78-31-53(66-61)21-64-57(41-73-26-48(11)12,42-74-27-49(13)14)43-75-28-50(15)16/h19-21,44-50,62H,17-18,22-43,58-61H2,1-16H3/b51-19-,63-20?,64-21?,65-52?,66-53?. The highest BCUT2D eigenvalue weighted by molar-refractivity contribution is 6.31. The van der Waals surface area contributed by atoms with E-state index in [1.807, 2.05) is 13.8 Å². The van der Waals surface area contributed by atoms with Crippen molar-refractivity contribution in [3.8, 4) is 0 Å². The van der Waals surface area contributed by atoms with Gasteiger partial charge in [0.15, 0.2) is 0 Å². The molecule has 21 nitrogen and oxygen atoms in total. The maximum absolute atomic E-state index is 7.12. The second-order valence-corrected chi connectivity index (χ2v) is 23.8. The average molecular weight is 1120 g/mol. The van der Waals surface area contributed by atoms with Crippen LogP contribution in [0.5, 0.6) is 0 Å². The molecule has 0 amide bonds. The SMILES string of the molecule is CCOCC(COCC(C)C)(COCC(C)C)N=CC(COCC(N)(COCC(C=NC(COCC(C)C)(COCC(C)C)COCC(C)C)=NN)COC/C(N)=C/NC(COCC)(COCC(C)C)COCC(C)C)=NN. The lowest BCUT2D eigenvalue weighted by atomic mass is 10.0. The predicted octanol–water partition coefficient (Wildman–Crippen LogP) is 5.89. The van der Waals surface area contributed by atoms with E-state index < -0.39 is 22.2 Å². The van der Waals surface area contributed by atoms with E-state index in [1.54, 1.807) is 18.6 Å². The summed E-state index contributed by atoms with van der Waals surface area (Å²) in [5.41, 5.74) is 11.1. The molecule has 0 rings (SSSR count). The Morgan fingerprint density at radius 2 is 0.667 bits per heavy atom. The van der Waals surface area contributed by atoms with Crippen LogP contribution in [0.3, 0.4) is 0 Å². The van der Waals surface area contributed by atoms with Crippen LogP contribution in [-0.4, -0.2) is 205 Å². The van der Waals surface area contributed by atoms with E-state index in [9.17, 15) is 0 Å². The lowest BCUT2D eigenvalue weighted by Gasteiger charge is -2.34. The van der Waals surface area contributed by atoms with Gasteiger partial charge in [-0.05, 0) is 55.3 Å². The summed E-state index contributed by atoms with van der Waals surface area (Å²) < 4.78 is 73.7. The molecule has 0 aliphatic heterocycles. The van der Waals surface area contributed by atoms with E-state index in [2.05, 4.69) is 112 Å². The first-order chi connectivity index (χ1) is 36.9. The van der Waals surface area contributed by atoms with E-state index in [4.69, 9.17) is 90.0 Å². The monoisotopic (exact) mass is 1120 g/mol. The van der Waals surface area contributed by atoms with Gasteiger partial charge in [-0.25, -0.2) is 0 Å². The summed E-state index contributed by atoms with van der Waals surface area (Å²) in [6, 6.07) is 0. The number of hydrogen-bond acceptors (Lipinski definition) is 21. The lowest BCUT2D eigenvalue weighted by Crippen LogP contribution is -2.55. The molecule has 0 aliphatic carbocycles. The molecule has 0 saturated carbocycles. The van der Waals surface area contributed by atoms with Crippen LogP contribution in [0, 0.1) is 41.4 Å². The molecule has 0 bridgehead atoms. The van der Waals surface area contributed by atoms with E-state index in [0.717, 1.165) is 0 Å². The molecule has 460 valence electrons. The average Bonchev–Trinajstić information content (AvgIpc) is 3.35. The van der Waals surface area contributed by atoms with Gasteiger partial charge in [-0.3, -0.25) is 9.98 Å². The Morgan fingerprint density at radius 1 is 0.397 bits per heavy atom. The van der Waals surface area contributed by atoms with Gasteiger partial charge in [0, 0.05) is 78.1 Å². The molecule has 0 radical (unpaired) electrons. The van der Waals surface area contributed by atoms with Crippen molar-refractivity contribution in [3.05, 3.63) is 11.9 Å². The van der Waals surface area contributed by atoms with E-state index in [1.165, 1.54) is 0 Å². The topological polar surface area (TPSA) is 276 Å².